The Morgan fingerprint density at radius 3 is 2.23 bits per heavy atom. The minimum absolute atomic E-state index is 0.136. The molecule has 26 heavy (non-hydrogen) atoms. The number of anilines is 3. The van der Waals surface area contributed by atoms with Crippen molar-refractivity contribution in [2.45, 2.75) is 0 Å². The average Bonchev–Trinajstić information content (AvgIpc) is 2.61. The van der Waals surface area contributed by atoms with Crippen LogP contribution < -0.4 is 4.90 Å². The number of hydrogen-bond acceptors (Lipinski definition) is 4. The molecule has 128 valence electrons. The molecule has 0 aliphatic heterocycles. The molecule has 0 radical (unpaired) electrons. The maximum atomic E-state index is 13.8. The quantitative estimate of drug-likeness (QED) is 0.525. The summed E-state index contributed by atoms with van der Waals surface area (Å²) in [6.07, 6.45) is 3.11. The highest BCUT2D eigenvalue weighted by molar-refractivity contribution is 5.78. The summed E-state index contributed by atoms with van der Waals surface area (Å²) in [5, 5.41) is 0. The number of benzene rings is 2. The van der Waals surface area contributed by atoms with Crippen molar-refractivity contribution in [2.24, 2.45) is 0 Å². The summed E-state index contributed by atoms with van der Waals surface area (Å²) in [7, 11) is 0. The molecule has 0 aliphatic carbocycles. The van der Waals surface area contributed by atoms with Gasteiger partial charge >= 0.3 is 0 Å². The zero-order valence-corrected chi connectivity index (χ0v) is 13.3. The molecule has 7 heteroatoms. The Balaban J connectivity index is 1.94. The van der Waals surface area contributed by atoms with Gasteiger partial charge in [0, 0.05) is 12.3 Å². The lowest BCUT2D eigenvalue weighted by molar-refractivity contribution is 0.583. The first-order valence-electron chi connectivity index (χ1n) is 7.70. The minimum atomic E-state index is -0.760. The predicted molar refractivity (Wildman–Crippen MR) is 91.9 cm³/mol. The molecular formula is C19H11F3N4. The second-order valence-corrected chi connectivity index (χ2v) is 5.52. The topological polar surface area (TPSA) is 41.9 Å². The maximum Gasteiger partial charge on any atom is 0.235 e. The van der Waals surface area contributed by atoms with Gasteiger partial charge in [0.1, 0.15) is 23.0 Å². The van der Waals surface area contributed by atoms with Crippen LogP contribution in [0.1, 0.15) is 0 Å². The highest BCUT2D eigenvalue weighted by Gasteiger charge is 2.18. The van der Waals surface area contributed by atoms with Crippen LogP contribution in [0.15, 0.2) is 67.0 Å². The van der Waals surface area contributed by atoms with Gasteiger partial charge in [-0.3, -0.25) is 9.88 Å². The molecule has 0 fully saturated rings. The number of fused-ring (bicyclic) bond motifs is 1. The predicted octanol–water partition coefficient (Wildman–Crippen LogP) is 4.91. The van der Waals surface area contributed by atoms with E-state index in [4.69, 9.17) is 0 Å². The van der Waals surface area contributed by atoms with Crippen molar-refractivity contribution >= 4 is 28.4 Å². The molecule has 0 unspecified atom stereocenters. The van der Waals surface area contributed by atoms with E-state index in [1.54, 1.807) is 24.4 Å². The van der Waals surface area contributed by atoms with Crippen molar-refractivity contribution in [3.63, 3.8) is 0 Å². The van der Waals surface area contributed by atoms with Crippen LogP contribution >= 0.6 is 0 Å². The molecule has 2 aromatic heterocycles. The standard InChI is InChI=1S/C19H11F3N4/c20-12-3-1-4-15(8-12)26(16-9-13(21)7-14(22)10-16)19-24-11-18-17(25-19)5-2-6-23-18/h1-11H. The zero-order chi connectivity index (χ0) is 18.1. The Morgan fingerprint density at radius 2 is 1.46 bits per heavy atom. The Kier molecular flexibility index (Phi) is 3.96. The second-order valence-electron chi connectivity index (χ2n) is 5.52. The lowest BCUT2D eigenvalue weighted by atomic mass is 10.2. The van der Waals surface area contributed by atoms with Gasteiger partial charge in [0.25, 0.3) is 0 Å². The van der Waals surface area contributed by atoms with Crippen LogP contribution in [0.5, 0.6) is 0 Å². The van der Waals surface area contributed by atoms with Gasteiger partial charge in [-0.25, -0.2) is 23.1 Å². The van der Waals surface area contributed by atoms with Crippen molar-refractivity contribution < 1.29 is 13.2 Å². The zero-order valence-electron chi connectivity index (χ0n) is 13.3. The van der Waals surface area contributed by atoms with Crippen molar-refractivity contribution in [3.05, 3.63) is 84.4 Å². The van der Waals surface area contributed by atoms with Gasteiger partial charge in [0.2, 0.25) is 5.95 Å². The number of hydrogen-bond donors (Lipinski definition) is 0. The van der Waals surface area contributed by atoms with Crippen LogP contribution in [0, 0.1) is 17.5 Å². The molecular weight excluding hydrogens is 341 g/mol. The molecule has 0 aliphatic rings. The van der Waals surface area contributed by atoms with Gasteiger partial charge < -0.3 is 0 Å². The summed E-state index contributed by atoms with van der Waals surface area (Å²) < 4.78 is 41.3. The van der Waals surface area contributed by atoms with Crippen molar-refractivity contribution in [1.82, 2.24) is 15.0 Å². The van der Waals surface area contributed by atoms with Crippen LogP contribution in [-0.2, 0) is 0 Å². The molecule has 0 saturated carbocycles. The van der Waals surface area contributed by atoms with Crippen LogP contribution in [0.3, 0.4) is 0 Å². The van der Waals surface area contributed by atoms with E-state index in [-0.39, 0.29) is 11.6 Å². The summed E-state index contributed by atoms with van der Waals surface area (Å²) >= 11 is 0. The SMILES string of the molecule is Fc1cccc(N(c2cc(F)cc(F)c2)c2ncc3ncccc3n2)c1. The summed E-state index contributed by atoms with van der Waals surface area (Å²) in [6, 6.07) is 12.1. The molecule has 0 bridgehead atoms. The fraction of sp³-hybridized carbons (Fsp3) is 0. The summed E-state index contributed by atoms with van der Waals surface area (Å²) in [6.45, 7) is 0. The Labute approximate surface area is 146 Å². The monoisotopic (exact) mass is 352 g/mol. The van der Waals surface area contributed by atoms with Crippen LogP contribution in [0.25, 0.3) is 11.0 Å². The van der Waals surface area contributed by atoms with Gasteiger partial charge in [0.05, 0.1) is 23.1 Å². The van der Waals surface area contributed by atoms with E-state index in [2.05, 4.69) is 15.0 Å². The fourth-order valence-electron chi connectivity index (χ4n) is 2.63. The van der Waals surface area contributed by atoms with E-state index in [0.29, 0.717) is 16.7 Å². The first-order valence-corrected chi connectivity index (χ1v) is 7.70. The molecule has 0 atom stereocenters. The van der Waals surface area contributed by atoms with E-state index in [0.717, 1.165) is 18.2 Å². The largest absolute Gasteiger partial charge is 0.279 e. The number of pyridine rings is 1. The number of halogens is 3. The lowest BCUT2D eigenvalue weighted by Gasteiger charge is -2.23. The summed E-state index contributed by atoms with van der Waals surface area (Å²) in [4.78, 5) is 14.2. The van der Waals surface area contributed by atoms with Crippen LogP contribution in [0.4, 0.5) is 30.5 Å². The maximum absolute atomic E-state index is 13.8. The first-order chi connectivity index (χ1) is 12.6. The van der Waals surface area contributed by atoms with Crippen molar-refractivity contribution in [1.29, 1.82) is 0 Å². The average molecular weight is 352 g/mol. The van der Waals surface area contributed by atoms with Gasteiger partial charge in [0.15, 0.2) is 0 Å². The van der Waals surface area contributed by atoms with Crippen LogP contribution in [0.2, 0.25) is 0 Å². The van der Waals surface area contributed by atoms with E-state index < -0.39 is 17.5 Å². The first kappa shape index (κ1) is 16.0. The third-order valence-electron chi connectivity index (χ3n) is 3.71. The van der Waals surface area contributed by atoms with E-state index in [9.17, 15) is 13.2 Å². The Morgan fingerprint density at radius 1 is 0.692 bits per heavy atom. The summed E-state index contributed by atoms with van der Waals surface area (Å²) in [5.41, 5.74) is 1.59. The number of rotatable bonds is 3. The van der Waals surface area contributed by atoms with E-state index in [1.807, 2.05) is 0 Å². The molecule has 4 nitrogen and oxygen atoms in total. The fourth-order valence-corrected chi connectivity index (χ4v) is 2.63. The smallest absolute Gasteiger partial charge is 0.235 e. The normalized spacial score (nSPS) is 10.9. The van der Waals surface area contributed by atoms with Crippen molar-refractivity contribution in [2.75, 3.05) is 4.90 Å². The van der Waals surface area contributed by atoms with E-state index in [1.165, 1.54) is 29.3 Å². The van der Waals surface area contributed by atoms with Gasteiger partial charge in [-0.2, -0.15) is 0 Å². The van der Waals surface area contributed by atoms with Gasteiger partial charge in [-0.15, -0.1) is 0 Å². The molecule has 0 amide bonds. The Hall–Kier alpha value is -3.48. The third-order valence-corrected chi connectivity index (χ3v) is 3.71. The van der Waals surface area contributed by atoms with Gasteiger partial charge in [-0.1, -0.05) is 6.07 Å². The third kappa shape index (κ3) is 3.06. The second kappa shape index (κ2) is 6.44. The molecule has 4 rings (SSSR count). The van der Waals surface area contributed by atoms with Crippen molar-refractivity contribution in [3.8, 4) is 0 Å². The number of aromatic nitrogens is 3. The molecule has 2 aromatic carbocycles. The van der Waals surface area contributed by atoms with Crippen LogP contribution in [-0.4, -0.2) is 15.0 Å². The molecule has 0 N–H and O–H groups in total. The minimum Gasteiger partial charge on any atom is -0.279 e. The molecule has 4 aromatic rings. The number of nitrogens with zero attached hydrogens (tertiary/aromatic N) is 4. The van der Waals surface area contributed by atoms with Gasteiger partial charge in [-0.05, 0) is 42.5 Å². The summed E-state index contributed by atoms with van der Waals surface area (Å²) in [5.74, 6) is -1.87. The molecule has 0 spiro atoms. The molecule has 2 heterocycles. The highest BCUT2D eigenvalue weighted by atomic mass is 19.1. The van der Waals surface area contributed by atoms with E-state index >= 15 is 0 Å². The molecule has 0 saturated heterocycles. The highest BCUT2D eigenvalue weighted by Crippen LogP contribution is 2.33. The Bertz CT molecular complexity index is 1080. The lowest BCUT2D eigenvalue weighted by Crippen LogP contribution is -2.14.